The van der Waals surface area contributed by atoms with E-state index in [0.717, 1.165) is 30.4 Å². The maximum absolute atomic E-state index is 12.5. The summed E-state index contributed by atoms with van der Waals surface area (Å²) in [4.78, 5) is 0.437. The molecule has 0 spiro atoms. The quantitative estimate of drug-likeness (QED) is 0.844. The normalized spacial score (nSPS) is 22.6. The van der Waals surface area contributed by atoms with Gasteiger partial charge in [0.2, 0.25) is 10.0 Å². The van der Waals surface area contributed by atoms with Crippen LogP contribution in [-0.4, -0.2) is 21.5 Å². The number of hydrogen-bond acceptors (Lipinski definition) is 3. The molecular formula is C15H24N2O2S. The van der Waals surface area contributed by atoms with Gasteiger partial charge in [-0.15, -0.1) is 0 Å². The Morgan fingerprint density at radius 2 is 2.00 bits per heavy atom. The summed E-state index contributed by atoms with van der Waals surface area (Å²) in [6.07, 6.45) is 2.60. The Kier molecular flexibility index (Phi) is 4.83. The van der Waals surface area contributed by atoms with Crippen LogP contribution in [0, 0.1) is 5.92 Å². The first kappa shape index (κ1) is 15.5. The van der Waals surface area contributed by atoms with Crippen molar-refractivity contribution >= 4 is 10.0 Å². The zero-order valence-electron chi connectivity index (χ0n) is 12.4. The maximum atomic E-state index is 12.5. The van der Waals surface area contributed by atoms with Crippen molar-refractivity contribution in [1.29, 1.82) is 0 Å². The number of rotatable bonds is 6. The van der Waals surface area contributed by atoms with E-state index in [1.54, 1.807) is 6.07 Å². The number of aryl methyl sites for hydroxylation is 1. The predicted octanol–water partition coefficient (Wildman–Crippen LogP) is 2.05. The fraction of sp³-hybridized carbons (Fsp3) is 0.600. The van der Waals surface area contributed by atoms with E-state index in [1.807, 2.05) is 26.1 Å². The van der Waals surface area contributed by atoms with Crippen molar-refractivity contribution in [3.8, 4) is 0 Å². The second-order valence-corrected chi connectivity index (χ2v) is 7.40. The van der Waals surface area contributed by atoms with Crippen LogP contribution in [0.5, 0.6) is 0 Å². The van der Waals surface area contributed by atoms with Crippen molar-refractivity contribution in [3.63, 3.8) is 0 Å². The minimum Gasteiger partial charge on any atom is -0.316 e. The van der Waals surface area contributed by atoms with E-state index in [1.165, 1.54) is 0 Å². The van der Waals surface area contributed by atoms with Gasteiger partial charge in [0.25, 0.3) is 0 Å². The molecule has 0 amide bonds. The van der Waals surface area contributed by atoms with Crippen LogP contribution in [0.15, 0.2) is 23.1 Å². The molecule has 0 bridgehead atoms. The Morgan fingerprint density at radius 3 is 2.55 bits per heavy atom. The molecule has 1 aliphatic carbocycles. The van der Waals surface area contributed by atoms with Crippen molar-refractivity contribution in [1.82, 2.24) is 10.0 Å². The Morgan fingerprint density at radius 1 is 1.30 bits per heavy atom. The molecule has 1 saturated carbocycles. The van der Waals surface area contributed by atoms with Gasteiger partial charge in [-0.1, -0.05) is 26.0 Å². The molecule has 1 aliphatic rings. The van der Waals surface area contributed by atoms with Crippen molar-refractivity contribution in [2.24, 2.45) is 5.92 Å². The van der Waals surface area contributed by atoms with Gasteiger partial charge in [0, 0.05) is 12.6 Å². The van der Waals surface area contributed by atoms with Crippen LogP contribution in [0.3, 0.4) is 0 Å². The van der Waals surface area contributed by atoms with E-state index in [0.29, 0.717) is 17.4 Å². The zero-order valence-corrected chi connectivity index (χ0v) is 13.3. The Balaban J connectivity index is 2.26. The van der Waals surface area contributed by atoms with Gasteiger partial charge in [0.1, 0.15) is 0 Å². The predicted molar refractivity (Wildman–Crippen MR) is 81.1 cm³/mol. The van der Waals surface area contributed by atoms with Gasteiger partial charge >= 0.3 is 0 Å². The average Bonchev–Trinajstić information content (AvgIpc) is 2.37. The minimum absolute atomic E-state index is 0.104. The first-order valence-corrected chi connectivity index (χ1v) is 8.73. The van der Waals surface area contributed by atoms with Crippen molar-refractivity contribution in [2.45, 2.75) is 50.6 Å². The van der Waals surface area contributed by atoms with E-state index in [4.69, 9.17) is 0 Å². The van der Waals surface area contributed by atoms with Crippen LogP contribution >= 0.6 is 0 Å². The van der Waals surface area contributed by atoms with Crippen LogP contribution in [0.1, 0.15) is 37.8 Å². The highest BCUT2D eigenvalue weighted by Gasteiger charge is 2.30. The molecule has 0 heterocycles. The average molecular weight is 296 g/mol. The summed E-state index contributed by atoms with van der Waals surface area (Å²) in [5, 5.41) is 3.05. The second kappa shape index (κ2) is 6.24. The molecule has 0 aromatic heterocycles. The summed E-state index contributed by atoms with van der Waals surface area (Å²) >= 11 is 0. The highest BCUT2D eigenvalue weighted by molar-refractivity contribution is 7.89. The summed E-state index contributed by atoms with van der Waals surface area (Å²) in [6, 6.07) is 5.80. The summed E-state index contributed by atoms with van der Waals surface area (Å²) in [7, 11) is -1.55. The Labute approximate surface area is 122 Å². The Bertz CT molecular complexity index is 563. The largest absolute Gasteiger partial charge is 0.316 e. The highest BCUT2D eigenvalue weighted by atomic mass is 32.2. The molecule has 0 unspecified atom stereocenters. The molecule has 1 aromatic rings. The first-order chi connectivity index (χ1) is 9.46. The lowest BCUT2D eigenvalue weighted by Gasteiger charge is -2.33. The van der Waals surface area contributed by atoms with E-state index in [-0.39, 0.29) is 6.04 Å². The third-order valence-electron chi connectivity index (χ3n) is 3.88. The van der Waals surface area contributed by atoms with Gasteiger partial charge in [-0.05, 0) is 49.4 Å². The summed E-state index contributed by atoms with van der Waals surface area (Å²) < 4.78 is 27.9. The SMILES string of the molecule is CCc1ccc(CNC)cc1S(=O)(=O)NC1CC(C)C1. The van der Waals surface area contributed by atoms with Crippen LogP contribution < -0.4 is 10.0 Å². The molecule has 1 fully saturated rings. The van der Waals surface area contributed by atoms with Crippen LogP contribution in [0.2, 0.25) is 0 Å². The number of benzene rings is 1. The lowest BCUT2D eigenvalue weighted by Crippen LogP contribution is -2.43. The van der Waals surface area contributed by atoms with Gasteiger partial charge in [-0.25, -0.2) is 13.1 Å². The molecular weight excluding hydrogens is 272 g/mol. The molecule has 2 rings (SSSR count). The van der Waals surface area contributed by atoms with E-state index >= 15 is 0 Å². The van der Waals surface area contributed by atoms with Gasteiger partial charge < -0.3 is 5.32 Å². The van der Waals surface area contributed by atoms with Crippen molar-refractivity contribution in [3.05, 3.63) is 29.3 Å². The number of nitrogens with one attached hydrogen (secondary N) is 2. The summed E-state index contributed by atoms with van der Waals surface area (Å²) in [5.41, 5.74) is 1.87. The molecule has 0 radical (unpaired) electrons. The topological polar surface area (TPSA) is 58.2 Å². The molecule has 1 aromatic carbocycles. The monoisotopic (exact) mass is 296 g/mol. The van der Waals surface area contributed by atoms with Crippen molar-refractivity contribution in [2.75, 3.05) is 7.05 Å². The van der Waals surface area contributed by atoms with Gasteiger partial charge in [-0.2, -0.15) is 0 Å². The Hall–Kier alpha value is -0.910. The molecule has 0 saturated heterocycles. The molecule has 4 nitrogen and oxygen atoms in total. The number of sulfonamides is 1. The van der Waals surface area contributed by atoms with Gasteiger partial charge in [0.05, 0.1) is 4.90 Å². The van der Waals surface area contributed by atoms with E-state index < -0.39 is 10.0 Å². The summed E-state index contributed by atoms with van der Waals surface area (Å²) in [5.74, 6) is 0.629. The van der Waals surface area contributed by atoms with E-state index in [9.17, 15) is 8.42 Å². The standard InChI is InChI=1S/C15H24N2O2S/c1-4-13-6-5-12(10-16-3)9-15(13)20(18,19)17-14-7-11(2)8-14/h5-6,9,11,14,16-17H,4,7-8,10H2,1-3H3. The third kappa shape index (κ3) is 3.40. The second-order valence-electron chi connectivity index (χ2n) is 5.72. The smallest absolute Gasteiger partial charge is 0.241 e. The third-order valence-corrected chi connectivity index (χ3v) is 5.48. The molecule has 5 heteroatoms. The van der Waals surface area contributed by atoms with Gasteiger partial charge in [-0.3, -0.25) is 0 Å². The number of hydrogen-bond donors (Lipinski definition) is 2. The highest BCUT2D eigenvalue weighted by Crippen LogP contribution is 2.28. The van der Waals surface area contributed by atoms with Crippen LogP contribution in [0.25, 0.3) is 0 Å². The molecule has 0 aliphatic heterocycles. The minimum atomic E-state index is -3.41. The maximum Gasteiger partial charge on any atom is 0.241 e. The van der Waals surface area contributed by atoms with Crippen molar-refractivity contribution < 1.29 is 8.42 Å². The van der Waals surface area contributed by atoms with Crippen LogP contribution in [-0.2, 0) is 23.0 Å². The zero-order chi connectivity index (χ0) is 14.8. The molecule has 2 N–H and O–H groups in total. The van der Waals surface area contributed by atoms with Crippen LogP contribution in [0.4, 0.5) is 0 Å². The fourth-order valence-electron chi connectivity index (χ4n) is 2.74. The fourth-order valence-corrected chi connectivity index (χ4v) is 4.36. The summed E-state index contributed by atoms with van der Waals surface area (Å²) in [6.45, 7) is 4.81. The molecule has 112 valence electrons. The molecule has 20 heavy (non-hydrogen) atoms. The van der Waals surface area contributed by atoms with Gasteiger partial charge in [0.15, 0.2) is 0 Å². The van der Waals surface area contributed by atoms with E-state index in [2.05, 4.69) is 17.0 Å². The lowest BCUT2D eigenvalue weighted by atomic mass is 9.83. The lowest BCUT2D eigenvalue weighted by molar-refractivity contribution is 0.270. The first-order valence-electron chi connectivity index (χ1n) is 7.25. The molecule has 0 atom stereocenters.